The molecule has 154 valence electrons. The molecule has 0 bridgehead atoms. The monoisotopic (exact) mass is 411 g/mol. The van der Waals surface area contributed by atoms with Gasteiger partial charge in [0.05, 0.1) is 19.9 Å². The molecule has 0 aliphatic carbocycles. The van der Waals surface area contributed by atoms with Crippen LogP contribution in [0.1, 0.15) is 19.4 Å². The lowest BCUT2D eigenvalue weighted by Crippen LogP contribution is -2.07. The van der Waals surface area contributed by atoms with Crippen LogP contribution in [-0.2, 0) is 6.42 Å². The zero-order chi connectivity index (χ0) is 21.1. The SMILES string of the molecule is CC.COc1ccc(CCNc2cc(-c3cccc(OC)c3)nc(SC)n2)cc1. The molecule has 1 aromatic heterocycles. The number of aromatic nitrogens is 2. The second kappa shape index (κ2) is 12.0. The van der Waals surface area contributed by atoms with Gasteiger partial charge in [-0.3, -0.25) is 0 Å². The summed E-state index contributed by atoms with van der Waals surface area (Å²) in [6.07, 6.45) is 2.88. The highest BCUT2D eigenvalue weighted by molar-refractivity contribution is 7.98. The Hall–Kier alpha value is -2.73. The Morgan fingerprint density at radius 1 is 0.897 bits per heavy atom. The number of benzene rings is 2. The number of methoxy groups -OCH3 is 2. The van der Waals surface area contributed by atoms with E-state index in [1.807, 2.05) is 62.6 Å². The van der Waals surface area contributed by atoms with Gasteiger partial charge in [-0.05, 0) is 42.5 Å². The van der Waals surface area contributed by atoms with Crippen molar-refractivity contribution in [1.29, 1.82) is 0 Å². The Morgan fingerprint density at radius 3 is 2.28 bits per heavy atom. The Labute approximate surface area is 177 Å². The van der Waals surface area contributed by atoms with E-state index >= 15 is 0 Å². The number of thioether (sulfide) groups is 1. The molecular formula is C23H29N3O2S. The first-order valence-electron chi connectivity index (χ1n) is 9.66. The van der Waals surface area contributed by atoms with E-state index < -0.39 is 0 Å². The van der Waals surface area contributed by atoms with Gasteiger partial charge in [0.2, 0.25) is 0 Å². The van der Waals surface area contributed by atoms with E-state index in [0.29, 0.717) is 0 Å². The van der Waals surface area contributed by atoms with E-state index in [1.54, 1.807) is 14.2 Å². The molecular weight excluding hydrogens is 382 g/mol. The van der Waals surface area contributed by atoms with Crippen LogP contribution in [0.5, 0.6) is 11.5 Å². The molecule has 3 aromatic rings. The number of hydrogen-bond acceptors (Lipinski definition) is 6. The molecule has 0 aliphatic rings. The minimum atomic E-state index is 0.738. The fourth-order valence-corrected chi connectivity index (χ4v) is 3.04. The van der Waals surface area contributed by atoms with Crippen molar-refractivity contribution in [2.75, 3.05) is 32.3 Å². The van der Waals surface area contributed by atoms with E-state index in [4.69, 9.17) is 9.47 Å². The van der Waals surface area contributed by atoms with Crippen molar-refractivity contribution in [3.05, 3.63) is 60.2 Å². The summed E-state index contributed by atoms with van der Waals surface area (Å²) in [6, 6.07) is 18.0. The zero-order valence-corrected chi connectivity index (χ0v) is 18.5. The van der Waals surface area contributed by atoms with Crippen LogP contribution in [-0.4, -0.2) is 37.0 Å². The maximum absolute atomic E-state index is 5.32. The molecule has 0 spiro atoms. The first kappa shape index (κ1) is 22.6. The summed E-state index contributed by atoms with van der Waals surface area (Å²) >= 11 is 1.53. The van der Waals surface area contributed by atoms with Crippen LogP contribution in [0.15, 0.2) is 59.8 Å². The summed E-state index contributed by atoms with van der Waals surface area (Å²) in [5, 5.41) is 4.15. The standard InChI is InChI=1S/C21H23N3O2S.C2H6/c1-25-17-9-7-15(8-10-17)11-12-22-20-14-19(23-21(24-20)27-3)16-5-4-6-18(13-16)26-2;1-2/h4-10,13-14H,11-12H2,1-3H3,(H,22,23,24);1-2H3. The fraction of sp³-hybridized carbons (Fsp3) is 0.304. The predicted octanol–water partition coefficient (Wildman–Crippen LogP) is 5.56. The van der Waals surface area contributed by atoms with E-state index in [0.717, 1.165) is 46.7 Å². The van der Waals surface area contributed by atoms with Crippen molar-refractivity contribution in [2.24, 2.45) is 0 Å². The lowest BCUT2D eigenvalue weighted by Gasteiger charge is -2.10. The third-order valence-corrected chi connectivity index (χ3v) is 4.68. The van der Waals surface area contributed by atoms with Crippen LogP contribution in [0.3, 0.4) is 0 Å². The second-order valence-corrected chi connectivity index (χ2v) is 6.66. The maximum atomic E-state index is 5.32. The minimum absolute atomic E-state index is 0.738. The topological polar surface area (TPSA) is 56.3 Å². The molecule has 0 aliphatic heterocycles. The third kappa shape index (κ3) is 6.68. The Morgan fingerprint density at radius 2 is 1.62 bits per heavy atom. The summed E-state index contributed by atoms with van der Waals surface area (Å²) in [5.74, 6) is 2.50. The first-order chi connectivity index (χ1) is 14.2. The maximum Gasteiger partial charge on any atom is 0.189 e. The molecule has 0 atom stereocenters. The van der Waals surface area contributed by atoms with Gasteiger partial charge in [0.25, 0.3) is 0 Å². The molecule has 0 saturated carbocycles. The molecule has 2 aromatic carbocycles. The molecule has 0 radical (unpaired) electrons. The third-order valence-electron chi connectivity index (χ3n) is 4.13. The molecule has 1 N–H and O–H groups in total. The van der Waals surface area contributed by atoms with E-state index in [9.17, 15) is 0 Å². The lowest BCUT2D eigenvalue weighted by atomic mass is 10.1. The highest BCUT2D eigenvalue weighted by atomic mass is 32.2. The molecule has 0 unspecified atom stereocenters. The summed E-state index contributed by atoms with van der Waals surface area (Å²) in [6.45, 7) is 4.79. The Balaban J connectivity index is 0.00000145. The molecule has 6 heteroatoms. The average molecular weight is 412 g/mol. The highest BCUT2D eigenvalue weighted by Gasteiger charge is 2.07. The van der Waals surface area contributed by atoms with Crippen LogP contribution in [0.4, 0.5) is 5.82 Å². The van der Waals surface area contributed by atoms with Crippen LogP contribution in [0, 0.1) is 0 Å². The van der Waals surface area contributed by atoms with Crippen molar-refractivity contribution in [3.63, 3.8) is 0 Å². The largest absolute Gasteiger partial charge is 0.497 e. The van der Waals surface area contributed by atoms with Crippen molar-refractivity contribution in [2.45, 2.75) is 25.4 Å². The van der Waals surface area contributed by atoms with E-state index in [1.165, 1.54) is 17.3 Å². The lowest BCUT2D eigenvalue weighted by molar-refractivity contribution is 0.414. The number of nitrogens with one attached hydrogen (secondary N) is 1. The number of anilines is 1. The Kier molecular flexibility index (Phi) is 9.31. The Bertz CT molecular complexity index is 886. The van der Waals surface area contributed by atoms with Crippen molar-refractivity contribution in [1.82, 2.24) is 9.97 Å². The number of nitrogens with zero attached hydrogens (tertiary/aromatic N) is 2. The molecule has 3 rings (SSSR count). The van der Waals surface area contributed by atoms with Gasteiger partial charge in [-0.2, -0.15) is 0 Å². The van der Waals surface area contributed by atoms with Crippen LogP contribution in [0.25, 0.3) is 11.3 Å². The van der Waals surface area contributed by atoms with E-state index in [2.05, 4.69) is 27.4 Å². The molecule has 0 fully saturated rings. The summed E-state index contributed by atoms with van der Waals surface area (Å²) in [7, 11) is 3.34. The number of rotatable bonds is 8. The van der Waals surface area contributed by atoms with Gasteiger partial charge in [0, 0.05) is 18.2 Å². The van der Waals surface area contributed by atoms with Gasteiger partial charge in [-0.1, -0.05) is 49.9 Å². The predicted molar refractivity (Wildman–Crippen MR) is 122 cm³/mol. The number of hydrogen-bond donors (Lipinski definition) is 1. The van der Waals surface area contributed by atoms with Crippen LogP contribution in [0.2, 0.25) is 0 Å². The van der Waals surface area contributed by atoms with Crippen molar-refractivity contribution >= 4 is 17.6 Å². The first-order valence-corrected chi connectivity index (χ1v) is 10.9. The minimum Gasteiger partial charge on any atom is -0.497 e. The normalized spacial score (nSPS) is 9.97. The average Bonchev–Trinajstić information content (AvgIpc) is 2.80. The summed E-state index contributed by atoms with van der Waals surface area (Å²) in [5.41, 5.74) is 3.13. The van der Waals surface area contributed by atoms with Gasteiger partial charge in [0.15, 0.2) is 5.16 Å². The van der Waals surface area contributed by atoms with Gasteiger partial charge < -0.3 is 14.8 Å². The van der Waals surface area contributed by atoms with Gasteiger partial charge >= 0.3 is 0 Å². The second-order valence-electron chi connectivity index (χ2n) is 5.88. The number of ether oxygens (including phenoxy) is 2. The molecule has 29 heavy (non-hydrogen) atoms. The fourth-order valence-electron chi connectivity index (χ4n) is 2.66. The molecule has 5 nitrogen and oxygen atoms in total. The molecule has 0 saturated heterocycles. The van der Waals surface area contributed by atoms with Crippen molar-refractivity contribution < 1.29 is 9.47 Å². The van der Waals surface area contributed by atoms with Crippen molar-refractivity contribution in [3.8, 4) is 22.8 Å². The van der Waals surface area contributed by atoms with Gasteiger partial charge in [-0.25, -0.2) is 9.97 Å². The van der Waals surface area contributed by atoms with E-state index in [-0.39, 0.29) is 0 Å². The molecule has 1 heterocycles. The smallest absolute Gasteiger partial charge is 0.189 e. The highest BCUT2D eigenvalue weighted by Crippen LogP contribution is 2.26. The van der Waals surface area contributed by atoms with Gasteiger partial charge in [0.1, 0.15) is 17.3 Å². The van der Waals surface area contributed by atoms with Gasteiger partial charge in [-0.15, -0.1) is 0 Å². The molecule has 0 amide bonds. The zero-order valence-electron chi connectivity index (χ0n) is 17.7. The summed E-state index contributed by atoms with van der Waals surface area (Å²) < 4.78 is 10.5. The quantitative estimate of drug-likeness (QED) is 0.387. The van der Waals surface area contributed by atoms with Crippen LogP contribution >= 0.6 is 11.8 Å². The van der Waals surface area contributed by atoms with Crippen LogP contribution < -0.4 is 14.8 Å². The summed E-state index contributed by atoms with van der Waals surface area (Å²) in [4.78, 5) is 9.19.